The quantitative estimate of drug-likeness (QED) is 0.782. The van der Waals surface area contributed by atoms with Crippen molar-refractivity contribution in [1.82, 2.24) is 14.9 Å². The standard InChI is InChI=1S/C20H20FN3O2/c1-4-24-11-17(18(25)16-10-5-12(2)22-19(16)24)20(26)23-13(3)14-6-8-15(21)9-7-14/h5-11,13H,4H2,1-3H3,(H,23,26)/t13-/m0/s1. The minimum absolute atomic E-state index is 0.0685. The van der Waals surface area contributed by atoms with Crippen LogP contribution in [0.2, 0.25) is 0 Å². The molecule has 0 aliphatic rings. The molecular formula is C20H20FN3O2. The minimum atomic E-state index is -0.462. The molecule has 0 aliphatic carbocycles. The van der Waals surface area contributed by atoms with E-state index in [9.17, 15) is 14.0 Å². The molecule has 0 saturated carbocycles. The van der Waals surface area contributed by atoms with Crippen LogP contribution in [-0.4, -0.2) is 15.5 Å². The average molecular weight is 353 g/mol. The van der Waals surface area contributed by atoms with E-state index in [0.717, 1.165) is 11.3 Å². The fraction of sp³-hybridized carbons (Fsp3) is 0.250. The highest BCUT2D eigenvalue weighted by atomic mass is 19.1. The first-order chi connectivity index (χ1) is 12.4. The van der Waals surface area contributed by atoms with Crippen molar-refractivity contribution in [2.75, 3.05) is 0 Å². The highest BCUT2D eigenvalue weighted by Gasteiger charge is 2.18. The van der Waals surface area contributed by atoms with Crippen molar-refractivity contribution in [1.29, 1.82) is 0 Å². The van der Waals surface area contributed by atoms with Gasteiger partial charge in [0, 0.05) is 18.4 Å². The van der Waals surface area contributed by atoms with E-state index in [1.165, 1.54) is 12.1 Å². The Balaban J connectivity index is 1.98. The molecule has 0 unspecified atom stereocenters. The first-order valence-corrected chi connectivity index (χ1v) is 8.48. The molecule has 2 aromatic heterocycles. The summed E-state index contributed by atoms with van der Waals surface area (Å²) in [5.74, 6) is -0.799. The lowest BCUT2D eigenvalue weighted by Crippen LogP contribution is -2.32. The van der Waals surface area contributed by atoms with Crippen LogP contribution in [0, 0.1) is 12.7 Å². The van der Waals surface area contributed by atoms with Crippen LogP contribution >= 0.6 is 0 Å². The highest BCUT2D eigenvalue weighted by molar-refractivity contribution is 5.97. The van der Waals surface area contributed by atoms with E-state index in [1.54, 1.807) is 42.0 Å². The summed E-state index contributed by atoms with van der Waals surface area (Å²) >= 11 is 0. The van der Waals surface area contributed by atoms with E-state index >= 15 is 0 Å². The molecule has 1 atom stereocenters. The van der Waals surface area contributed by atoms with E-state index in [2.05, 4.69) is 10.3 Å². The number of aryl methyl sites for hydroxylation is 2. The molecule has 0 aliphatic heterocycles. The van der Waals surface area contributed by atoms with Crippen LogP contribution in [0.15, 0.2) is 47.4 Å². The molecule has 6 heteroatoms. The van der Waals surface area contributed by atoms with Crippen LogP contribution in [-0.2, 0) is 6.54 Å². The van der Waals surface area contributed by atoms with Crippen LogP contribution in [0.1, 0.15) is 41.5 Å². The van der Waals surface area contributed by atoms with Crippen LogP contribution in [0.25, 0.3) is 11.0 Å². The molecule has 0 saturated heterocycles. The van der Waals surface area contributed by atoms with Gasteiger partial charge >= 0.3 is 0 Å². The highest BCUT2D eigenvalue weighted by Crippen LogP contribution is 2.15. The van der Waals surface area contributed by atoms with Gasteiger partial charge in [-0.2, -0.15) is 0 Å². The molecule has 26 heavy (non-hydrogen) atoms. The van der Waals surface area contributed by atoms with Gasteiger partial charge in [0.05, 0.1) is 11.4 Å². The van der Waals surface area contributed by atoms with Gasteiger partial charge < -0.3 is 9.88 Å². The number of nitrogens with zero attached hydrogens (tertiary/aromatic N) is 2. The molecule has 3 aromatic rings. The van der Waals surface area contributed by atoms with Crippen LogP contribution < -0.4 is 10.7 Å². The normalized spacial score (nSPS) is 12.2. The Kier molecular flexibility index (Phi) is 4.84. The fourth-order valence-corrected chi connectivity index (χ4v) is 2.87. The number of nitrogens with one attached hydrogen (secondary N) is 1. The topological polar surface area (TPSA) is 64.0 Å². The van der Waals surface area contributed by atoms with E-state index in [-0.39, 0.29) is 22.9 Å². The monoisotopic (exact) mass is 353 g/mol. The van der Waals surface area contributed by atoms with Crippen molar-refractivity contribution in [3.05, 3.63) is 75.5 Å². The molecule has 1 N–H and O–H groups in total. The molecule has 0 radical (unpaired) electrons. The van der Waals surface area contributed by atoms with Gasteiger partial charge in [-0.05, 0) is 50.6 Å². The Morgan fingerprint density at radius 3 is 2.58 bits per heavy atom. The van der Waals surface area contributed by atoms with Crippen molar-refractivity contribution in [3.63, 3.8) is 0 Å². The van der Waals surface area contributed by atoms with Crippen molar-refractivity contribution in [3.8, 4) is 0 Å². The van der Waals surface area contributed by atoms with Gasteiger partial charge in [0.15, 0.2) is 0 Å². The largest absolute Gasteiger partial charge is 0.345 e. The van der Waals surface area contributed by atoms with Crippen molar-refractivity contribution >= 4 is 16.9 Å². The zero-order valence-electron chi connectivity index (χ0n) is 14.9. The van der Waals surface area contributed by atoms with E-state index in [0.29, 0.717) is 17.6 Å². The van der Waals surface area contributed by atoms with Crippen LogP contribution in [0.4, 0.5) is 4.39 Å². The average Bonchev–Trinajstić information content (AvgIpc) is 2.62. The number of aromatic nitrogens is 2. The van der Waals surface area contributed by atoms with Crippen molar-refractivity contribution in [2.24, 2.45) is 0 Å². The summed E-state index contributed by atoms with van der Waals surface area (Å²) in [7, 11) is 0. The molecule has 0 spiro atoms. The lowest BCUT2D eigenvalue weighted by molar-refractivity contribution is 0.0938. The Labute approximate surface area is 150 Å². The number of rotatable bonds is 4. The first-order valence-electron chi connectivity index (χ1n) is 8.48. The Morgan fingerprint density at radius 1 is 1.23 bits per heavy atom. The predicted molar refractivity (Wildman–Crippen MR) is 98.7 cm³/mol. The Hall–Kier alpha value is -3.02. The second-order valence-corrected chi connectivity index (χ2v) is 6.23. The molecule has 2 heterocycles. The van der Waals surface area contributed by atoms with Gasteiger partial charge in [0.1, 0.15) is 17.0 Å². The van der Waals surface area contributed by atoms with Gasteiger partial charge in [0.25, 0.3) is 5.91 Å². The summed E-state index contributed by atoms with van der Waals surface area (Å²) in [5, 5.41) is 3.22. The lowest BCUT2D eigenvalue weighted by Gasteiger charge is -2.16. The number of benzene rings is 1. The van der Waals surface area contributed by atoms with Crippen LogP contribution in [0.3, 0.4) is 0 Å². The van der Waals surface area contributed by atoms with Gasteiger partial charge in [-0.3, -0.25) is 9.59 Å². The van der Waals surface area contributed by atoms with Crippen LogP contribution in [0.5, 0.6) is 0 Å². The molecular weight excluding hydrogens is 333 g/mol. The summed E-state index contributed by atoms with van der Waals surface area (Å²) < 4.78 is 14.8. The lowest BCUT2D eigenvalue weighted by atomic mass is 10.1. The fourth-order valence-electron chi connectivity index (χ4n) is 2.87. The molecule has 5 nitrogen and oxygen atoms in total. The van der Waals surface area contributed by atoms with E-state index < -0.39 is 5.91 Å². The first kappa shape index (κ1) is 17.8. The van der Waals surface area contributed by atoms with Gasteiger partial charge in [0.2, 0.25) is 5.43 Å². The van der Waals surface area contributed by atoms with Crippen molar-refractivity contribution in [2.45, 2.75) is 33.4 Å². The predicted octanol–water partition coefficient (Wildman–Crippen LogP) is 3.35. The van der Waals surface area contributed by atoms with Crippen molar-refractivity contribution < 1.29 is 9.18 Å². The third-order valence-corrected chi connectivity index (χ3v) is 4.36. The number of halogens is 1. The second-order valence-electron chi connectivity index (χ2n) is 6.23. The molecule has 1 amide bonds. The summed E-state index contributed by atoms with van der Waals surface area (Å²) in [4.78, 5) is 29.8. The number of carbonyl (C=O) groups excluding carboxylic acids is 1. The number of amides is 1. The maximum atomic E-state index is 13.1. The van der Waals surface area contributed by atoms with Gasteiger partial charge in [-0.1, -0.05) is 12.1 Å². The molecule has 0 bridgehead atoms. The SMILES string of the molecule is CCn1cc(C(=O)N[C@@H](C)c2ccc(F)cc2)c(=O)c2ccc(C)nc21. The summed E-state index contributed by atoms with van der Waals surface area (Å²) in [6.45, 7) is 6.15. The Morgan fingerprint density at radius 2 is 1.92 bits per heavy atom. The number of fused-ring (bicyclic) bond motifs is 1. The van der Waals surface area contributed by atoms with Gasteiger partial charge in [-0.25, -0.2) is 9.37 Å². The number of hydrogen-bond acceptors (Lipinski definition) is 3. The Bertz CT molecular complexity index is 1030. The molecule has 1 aromatic carbocycles. The zero-order chi connectivity index (χ0) is 18.8. The smallest absolute Gasteiger partial charge is 0.257 e. The minimum Gasteiger partial charge on any atom is -0.345 e. The van der Waals surface area contributed by atoms with E-state index in [4.69, 9.17) is 0 Å². The molecule has 134 valence electrons. The number of carbonyl (C=O) groups is 1. The van der Waals surface area contributed by atoms with Gasteiger partial charge in [-0.15, -0.1) is 0 Å². The third-order valence-electron chi connectivity index (χ3n) is 4.36. The molecule has 0 fully saturated rings. The molecule has 3 rings (SSSR count). The summed E-state index contributed by atoms with van der Waals surface area (Å²) in [6.07, 6.45) is 1.55. The number of pyridine rings is 2. The third kappa shape index (κ3) is 3.35. The zero-order valence-corrected chi connectivity index (χ0v) is 14.9. The number of hydrogen-bond donors (Lipinski definition) is 1. The maximum absolute atomic E-state index is 13.1. The van der Waals surface area contributed by atoms with E-state index in [1.807, 2.05) is 13.8 Å². The second kappa shape index (κ2) is 7.07. The summed E-state index contributed by atoms with van der Waals surface area (Å²) in [5.41, 5.74) is 1.86. The summed E-state index contributed by atoms with van der Waals surface area (Å²) in [6, 6.07) is 9.00. The maximum Gasteiger partial charge on any atom is 0.257 e.